The van der Waals surface area contributed by atoms with Gasteiger partial charge in [0, 0.05) is 19.7 Å². The quantitative estimate of drug-likeness (QED) is 0.837. The SMILES string of the molecule is O=C(O)c1ccoc1CN1CCCOCC1. The highest BCUT2D eigenvalue weighted by Crippen LogP contribution is 2.14. The average Bonchev–Trinajstić information content (AvgIpc) is 2.55. The van der Waals surface area contributed by atoms with Gasteiger partial charge in [0.15, 0.2) is 0 Å². The summed E-state index contributed by atoms with van der Waals surface area (Å²) in [6.45, 7) is 3.75. The standard InChI is InChI=1S/C11H15NO4/c13-11(14)9-2-6-16-10(9)8-12-3-1-5-15-7-4-12/h2,6H,1,3-5,7-8H2,(H,13,14). The summed E-state index contributed by atoms with van der Waals surface area (Å²) in [5.41, 5.74) is 0.255. The Labute approximate surface area is 93.6 Å². The third-order valence-corrected chi connectivity index (χ3v) is 2.66. The van der Waals surface area contributed by atoms with E-state index in [0.717, 1.165) is 26.1 Å². The molecule has 2 rings (SSSR count). The maximum absolute atomic E-state index is 10.9. The molecule has 0 bridgehead atoms. The van der Waals surface area contributed by atoms with Crippen molar-refractivity contribution in [3.05, 3.63) is 23.7 Å². The van der Waals surface area contributed by atoms with Crippen molar-refractivity contribution in [2.45, 2.75) is 13.0 Å². The van der Waals surface area contributed by atoms with Gasteiger partial charge in [-0.3, -0.25) is 4.90 Å². The zero-order valence-corrected chi connectivity index (χ0v) is 9.02. The number of carboxylic acids is 1. The molecule has 1 aromatic heterocycles. The van der Waals surface area contributed by atoms with Crippen molar-refractivity contribution in [2.24, 2.45) is 0 Å². The van der Waals surface area contributed by atoms with Crippen LogP contribution in [0, 0.1) is 0 Å². The van der Waals surface area contributed by atoms with Crippen LogP contribution >= 0.6 is 0 Å². The third kappa shape index (κ3) is 2.62. The number of carbonyl (C=O) groups is 1. The molecule has 0 saturated carbocycles. The molecular formula is C11H15NO4. The summed E-state index contributed by atoms with van der Waals surface area (Å²) in [6, 6.07) is 1.49. The van der Waals surface area contributed by atoms with E-state index < -0.39 is 5.97 Å². The zero-order chi connectivity index (χ0) is 11.4. The fraction of sp³-hybridized carbons (Fsp3) is 0.545. The molecule has 0 unspecified atom stereocenters. The Kier molecular flexibility index (Phi) is 3.58. The first-order valence-electron chi connectivity index (χ1n) is 5.37. The normalized spacial score (nSPS) is 18.2. The minimum absolute atomic E-state index is 0.255. The molecule has 0 atom stereocenters. The van der Waals surface area contributed by atoms with Gasteiger partial charge >= 0.3 is 5.97 Å². The highest BCUT2D eigenvalue weighted by atomic mass is 16.5. The van der Waals surface area contributed by atoms with Crippen LogP contribution in [0.25, 0.3) is 0 Å². The molecule has 0 amide bonds. The third-order valence-electron chi connectivity index (χ3n) is 2.66. The maximum Gasteiger partial charge on any atom is 0.339 e. The highest BCUT2D eigenvalue weighted by molar-refractivity contribution is 5.88. The monoisotopic (exact) mass is 225 g/mol. The predicted octanol–water partition coefficient (Wildman–Crippen LogP) is 1.20. The molecule has 0 aliphatic carbocycles. The number of ether oxygens (including phenoxy) is 1. The summed E-state index contributed by atoms with van der Waals surface area (Å²) in [4.78, 5) is 13.0. The van der Waals surface area contributed by atoms with Crippen LogP contribution in [0.2, 0.25) is 0 Å². The van der Waals surface area contributed by atoms with Crippen molar-refractivity contribution >= 4 is 5.97 Å². The second-order valence-electron chi connectivity index (χ2n) is 3.80. The van der Waals surface area contributed by atoms with Gasteiger partial charge in [-0.2, -0.15) is 0 Å². The van der Waals surface area contributed by atoms with Gasteiger partial charge in [0.25, 0.3) is 0 Å². The van der Waals surface area contributed by atoms with Crippen molar-refractivity contribution < 1.29 is 19.1 Å². The van der Waals surface area contributed by atoms with Gasteiger partial charge in [0.1, 0.15) is 11.3 Å². The number of furan rings is 1. The Morgan fingerprint density at radius 3 is 3.12 bits per heavy atom. The average molecular weight is 225 g/mol. The lowest BCUT2D eigenvalue weighted by atomic mass is 10.2. The second kappa shape index (κ2) is 5.14. The molecule has 0 aromatic carbocycles. The lowest BCUT2D eigenvalue weighted by Gasteiger charge is -2.17. The van der Waals surface area contributed by atoms with Crippen molar-refractivity contribution in [1.82, 2.24) is 4.90 Å². The number of rotatable bonds is 3. The van der Waals surface area contributed by atoms with Crippen molar-refractivity contribution in [2.75, 3.05) is 26.3 Å². The molecule has 0 radical (unpaired) electrons. The lowest BCUT2D eigenvalue weighted by molar-refractivity contribution is 0.0692. The van der Waals surface area contributed by atoms with Crippen LogP contribution in [-0.4, -0.2) is 42.3 Å². The Morgan fingerprint density at radius 1 is 1.44 bits per heavy atom. The number of nitrogens with zero attached hydrogens (tertiary/aromatic N) is 1. The fourth-order valence-corrected chi connectivity index (χ4v) is 1.81. The Balaban J connectivity index is 2.01. The van der Waals surface area contributed by atoms with Crippen LogP contribution in [0.5, 0.6) is 0 Å². The van der Waals surface area contributed by atoms with Gasteiger partial charge in [-0.1, -0.05) is 0 Å². The van der Waals surface area contributed by atoms with E-state index in [9.17, 15) is 4.79 Å². The summed E-state index contributed by atoms with van der Waals surface area (Å²) in [5, 5.41) is 8.94. The molecule has 16 heavy (non-hydrogen) atoms. The summed E-state index contributed by atoms with van der Waals surface area (Å²) in [5.74, 6) is -0.413. The molecule has 5 heteroatoms. The fourth-order valence-electron chi connectivity index (χ4n) is 1.81. The van der Waals surface area contributed by atoms with E-state index in [2.05, 4.69) is 4.90 Å². The molecule has 88 valence electrons. The van der Waals surface area contributed by atoms with E-state index >= 15 is 0 Å². The molecule has 0 spiro atoms. The number of carboxylic acid groups (broad SMARTS) is 1. The molecular weight excluding hydrogens is 210 g/mol. The number of hydrogen-bond acceptors (Lipinski definition) is 4. The predicted molar refractivity (Wildman–Crippen MR) is 56.4 cm³/mol. The molecule has 1 fully saturated rings. The summed E-state index contributed by atoms with van der Waals surface area (Å²) in [6.07, 6.45) is 2.40. The van der Waals surface area contributed by atoms with Gasteiger partial charge in [-0.05, 0) is 12.5 Å². The van der Waals surface area contributed by atoms with Gasteiger partial charge in [-0.15, -0.1) is 0 Å². The van der Waals surface area contributed by atoms with E-state index in [0.29, 0.717) is 18.9 Å². The first-order chi connectivity index (χ1) is 7.77. The van der Waals surface area contributed by atoms with Crippen LogP contribution in [0.3, 0.4) is 0 Å². The summed E-state index contributed by atoms with van der Waals surface area (Å²) in [7, 11) is 0. The topological polar surface area (TPSA) is 62.9 Å². The van der Waals surface area contributed by atoms with E-state index in [1.165, 1.54) is 12.3 Å². The van der Waals surface area contributed by atoms with Crippen LogP contribution in [-0.2, 0) is 11.3 Å². The maximum atomic E-state index is 10.9. The highest BCUT2D eigenvalue weighted by Gasteiger charge is 2.17. The first-order valence-corrected chi connectivity index (χ1v) is 5.37. The van der Waals surface area contributed by atoms with Crippen LogP contribution in [0.1, 0.15) is 22.5 Å². The summed E-state index contributed by atoms with van der Waals surface area (Å²) < 4.78 is 10.5. The van der Waals surface area contributed by atoms with E-state index in [1.807, 2.05) is 0 Å². The van der Waals surface area contributed by atoms with Crippen molar-refractivity contribution in [1.29, 1.82) is 0 Å². The van der Waals surface area contributed by atoms with Crippen molar-refractivity contribution in [3.63, 3.8) is 0 Å². The Morgan fingerprint density at radius 2 is 2.31 bits per heavy atom. The minimum Gasteiger partial charge on any atom is -0.478 e. The largest absolute Gasteiger partial charge is 0.478 e. The van der Waals surface area contributed by atoms with Gasteiger partial charge < -0.3 is 14.3 Å². The van der Waals surface area contributed by atoms with Gasteiger partial charge in [0.05, 0.1) is 19.4 Å². The first kappa shape index (κ1) is 11.2. The Bertz CT molecular complexity index is 353. The molecule has 5 nitrogen and oxygen atoms in total. The van der Waals surface area contributed by atoms with E-state index in [-0.39, 0.29) is 5.56 Å². The van der Waals surface area contributed by atoms with E-state index in [1.54, 1.807) is 0 Å². The molecule has 1 saturated heterocycles. The summed E-state index contributed by atoms with van der Waals surface area (Å²) >= 11 is 0. The zero-order valence-electron chi connectivity index (χ0n) is 9.02. The Hall–Kier alpha value is -1.33. The van der Waals surface area contributed by atoms with Crippen LogP contribution < -0.4 is 0 Å². The van der Waals surface area contributed by atoms with Crippen LogP contribution in [0.4, 0.5) is 0 Å². The van der Waals surface area contributed by atoms with Gasteiger partial charge in [0.2, 0.25) is 0 Å². The second-order valence-corrected chi connectivity index (χ2v) is 3.80. The molecule has 1 N–H and O–H groups in total. The number of hydrogen-bond donors (Lipinski definition) is 1. The molecule has 2 heterocycles. The molecule has 1 aliphatic rings. The molecule has 1 aliphatic heterocycles. The van der Waals surface area contributed by atoms with E-state index in [4.69, 9.17) is 14.3 Å². The number of aromatic carboxylic acids is 1. The lowest BCUT2D eigenvalue weighted by Crippen LogP contribution is -2.26. The molecule has 1 aromatic rings. The van der Waals surface area contributed by atoms with Crippen LogP contribution in [0.15, 0.2) is 16.7 Å². The minimum atomic E-state index is -0.935. The van der Waals surface area contributed by atoms with Crippen molar-refractivity contribution in [3.8, 4) is 0 Å². The smallest absolute Gasteiger partial charge is 0.339 e. The van der Waals surface area contributed by atoms with Gasteiger partial charge in [-0.25, -0.2) is 4.79 Å².